The van der Waals surface area contributed by atoms with Gasteiger partial charge in [-0.15, -0.1) is 6.58 Å². The lowest BCUT2D eigenvalue weighted by atomic mass is 9.98. The zero-order valence-electron chi connectivity index (χ0n) is 10.0. The van der Waals surface area contributed by atoms with Gasteiger partial charge in [0.15, 0.2) is 16.5 Å². The molecule has 92 valence electrons. The van der Waals surface area contributed by atoms with Crippen molar-refractivity contribution >= 4 is 5.78 Å². The fourth-order valence-electron chi connectivity index (χ4n) is 1.63. The summed E-state index contributed by atoms with van der Waals surface area (Å²) in [6.45, 7) is 3.65. The fourth-order valence-corrected chi connectivity index (χ4v) is 1.63. The van der Waals surface area contributed by atoms with Gasteiger partial charge >= 0.3 is 6.20 Å². The molecule has 1 N–H and O–H groups in total. The van der Waals surface area contributed by atoms with Gasteiger partial charge in [-0.05, 0) is 12.0 Å². The molecule has 0 saturated heterocycles. The molecule has 4 nitrogen and oxygen atoms in total. The van der Waals surface area contributed by atoms with Gasteiger partial charge in [-0.25, -0.2) is 0 Å². The molecule has 0 amide bonds. The van der Waals surface area contributed by atoms with Crippen LogP contribution in [0.4, 0.5) is 0 Å². The third-order valence-electron chi connectivity index (χ3n) is 2.50. The summed E-state index contributed by atoms with van der Waals surface area (Å²) in [4.78, 5) is 14.7. The van der Waals surface area contributed by atoms with E-state index in [2.05, 4.69) is 11.6 Å². The highest BCUT2D eigenvalue weighted by molar-refractivity contribution is 5.97. The standard InChI is InChI=1S/C14H14N2O2/c1-2-5-11-6-3-4-7-13(11)14(18)9-8-12(17)10-16-15/h2-4,6-7,10H,1,5,8-9H2/p+1/b12-10+. The summed E-state index contributed by atoms with van der Waals surface area (Å²) in [7, 11) is 0. The van der Waals surface area contributed by atoms with Gasteiger partial charge in [-0.3, -0.25) is 4.79 Å². The maximum Gasteiger partial charge on any atom is 0.387 e. The highest BCUT2D eigenvalue weighted by Gasteiger charge is 2.11. The quantitative estimate of drug-likeness (QED) is 0.359. The van der Waals surface area contributed by atoms with E-state index in [1.54, 1.807) is 18.2 Å². The highest BCUT2D eigenvalue weighted by atomic mass is 16.3. The second-order valence-corrected chi connectivity index (χ2v) is 3.81. The molecule has 0 saturated carbocycles. The van der Waals surface area contributed by atoms with E-state index < -0.39 is 0 Å². The molecular weight excluding hydrogens is 228 g/mol. The number of aliphatic hydroxyl groups excluding tert-OH is 1. The van der Waals surface area contributed by atoms with Gasteiger partial charge in [0.1, 0.15) is 0 Å². The molecular formula is C14H15N2O2+. The summed E-state index contributed by atoms with van der Waals surface area (Å²) in [5.74, 6) is -0.169. The normalized spacial score (nSPS) is 10.7. The van der Waals surface area contributed by atoms with Crippen LogP contribution in [0.5, 0.6) is 0 Å². The number of aliphatic hydroxyl groups is 1. The Hall–Kier alpha value is -2.41. The van der Waals surface area contributed by atoms with E-state index >= 15 is 0 Å². The van der Waals surface area contributed by atoms with Crippen LogP contribution in [0.3, 0.4) is 0 Å². The number of benzene rings is 1. The Bertz CT molecular complexity index is 513. The lowest BCUT2D eigenvalue weighted by Gasteiger charge is -2.05. The molecule has 18 heavy (non-hydrogen) atoms. The number of carbonyl (C=O) groups excluding carboxylic acids is 1. The molecule has 0 unspecified atom stereocenters. The first-order valence-electron chi connectivity index (χ1n) is 5.63. The third kappa shape index (κ3) is 3.87. The van der Waals surface area contributed by atoms with E-state index in [0.29, 0.717) is 12.0 Å². The second-order valence-electron chi connectivity index (χ2n) is 3.81. The Morgan fingerprint density at radius 1 is 1.39 bits per heavy atom. The van der Waals surface area contributed by atoms with Gasteiger partial charge in [0.25, 0.3) is 0 Å². The average molecular weight is 243 g/mol. The minimum atomic E-state index is -0.118. The fraction of sp³-hybridized carbons (Fsp3) is 0.214. The number of Topliss-reactive ketones (excluding diaryl/α,β-unsaturated/α-hetero) is 1. The van der Waals surface area contributed by atoms with Crippen LogP contribution in [-0.4, -0.2) is 10.9 Å². The van der Waals surface area contributed by atoms with Gasteiger partial charge < -0.3 is 5.11 Å². The molecule has 1 rings (SSSR count). The number of hydrogen-bond donors (Lipinski definition) is 1. The van der Waals surface area contributed by atoms with Crippen molar-refractivity contribution in [1.29, 1.82) is 5.39 Å². The number of hydrogen-bond acceptors (Lipinski definition) is 3. The van der Waals surface area contributed by atoms with Crippen molar-refractivity contribution in [3.05, 3.63) is 65.0 Å². The molecule has 0 fully saturated rings. The second kappa shape index (κ2) is 7.02. The van der Waals surface area contributed by atoms with E-state index in [9.17, 15) is 9.90 Å². The van der Waals surface area contributed by atoms with Crippen molar-refractivity contribution in [2.75, 3.05) is 0 Å². The largest absolute Gasteiger partial charge is 0.505 e. The van der Waals surface area contributed by atoms with Crippen LogP contribution in [0.25, 0.3) is 4.98 Å². The minimum absolute atomic E-state index is 0.0506. The molecule has 4 heteroatoms. The van der Waals surface area contributed by atoms with Crippen molar-refractivity contribution in [3.63, 3.8) is 0 Å². The maximum absolute atomic E-state index is 12.0. The van der Waals surface area contributed by atoms with Gasteiger partial charge in [0.05, 0.1) is 0 Å². The zero-order chi connectivity index (χ0) is 13.4. The van der Waals surface area contributed by atoms with Gasteiger partial charge in [0, 0.05) is 18.4 Å². The number of nitrogens with zero attached hydrogens (tertiary/aromatic N) is 2. The predicted molar refractivity (Wildman–Crippen MR) is 69.7 cm³/mol. The van der Waals surface area contributed by atoms with Crippen LogP contribution in [0.2, 0.25) is 0 Å². The first-order chi connectivity index (χ1) is 8.69. The Labute approximate surface area is 106 Å². The van der Waals surface area contributed by atoms with Crippen molar-refractivity contribution in [3.8, 4) is 0 Å². The zero-order valence-corrected chi connectivity index (χ0v) is 10.0. The molecule has 1 aromatic rings. The minimum Gasteiger partial charge on any atom is -0.505 e. The van der Waals surface area contributed by atoms with Crippen LogP contribution < -0.4 is 0 Å². The summed E-state index contributed by atoms with van der Waals surface area (Å²) in [6, 6.07) is 7.32. The summed E-state index contributed by atoms with van der Waals surface area (Å²) < 4.78 is 0. The summed E-state index contributed by atoms with van der Waals surface area (Å²) >= 11 is 0. The highest BCUT2D eigenvalue weighted by Crippen LogP contribution is 2.14. The Morgan fingerprint density at radius 3 is 2.78 bits per heavy atom. The van der Waals surface area contributed by atoms with Crippen molar-refractivity contribution in [2.24, 2.45) is 0 Å². The van der Waals surface area contributed by atoms with Crippen LogP contribution in [0.1, 0.15) is 28.8 Å². The van der Waals surface area contributed by atoms with Gasteiger partial charge in [0.2, 0.25) is 5.39 Å². The summed E-state index contributed by atoms with van der Waals surface area (Å²) in [5.41, 5.74) is 1.57. The SMILES string of the molecule is C=CCc1ccccc1C(=O)CC/C(O)=C\[N+]#N. The van der Waals surface area contributed by atoms with E-state index in [1.165, 1.54) is 0 Å². The number of allylic oxidation sites excluding steroid dienone is 2. The maximum atomic E-state index is 12.0. The Kier molecular flexibility index (Phi) is 5.33. The molecule has 1 aromatic carbocycles. The van der Waals surface area contributed by atoms with Crippen LogP contribution in [-0.2, 0) is 6.42 Å². The first-order valence-corrected chi connectivity index (χ1v) is 5.63. The predicted octanol–water partition coefficient (Wildman–Crippen LogP) is 3.63. The number of ketones is 1. The van der Waals surface area contributed by atoms with Crippen LogP contribution in [0.15, 0.2) is 48.9 Å². The monoisotopic (exact) mass is 243 g/mol. The Morgan fingerprint density at radius 2 is 2.11 bits per heavy atom. The molecule has 0 aliphatic rings. The molecule has 0 heterocycles. The molecule has 0 atom stereocenters. The molecule has 0 aliphatic heterocycles. The number of carbonyl (C=O) groups is 1. The van der Waals surface area contributed by atoms with Crippen LogP contribution >= 0.6 is 0 Å². The van der Waals surface area contributed by atoms with Gasteiger partial charge in [-0.2, -0.15) is 0 Å². The van der Waals surface area contributed by atoms with Gasteiger partial charge in [-0.1, -0.05) is 30.3 Å². The summed E-state index contributed by atoms with van der Waals surface area (Å²) in [5, 5.41) is 17.5. The molecule has 0 aromatic heterocycles. The smallest absolute Gasteiger partial charge is 0.387 e. The molecule has 0 radical (unpaired) electrons. The third-order valence-corrected chi connectivity index (χ3v) is 2.50. The molecule has 0 spiro atoms. The molecule has 0 bridgehead atoms. The van der Waals surface area contributed by atoms with E-state index in [1.807, 2.05) is 12.1 Å². The van der Waals surface area contributed by atoms with E-state index in [-0.39, 0.29) is 24.4 Å². The van der Waals surface area contributed by atoms with Crippen LogP contribution in [0, 0.1) is 5.39 Å². The van der Waals surface area contributed by atoms with E-state index in [0.717, 1.165) is 11.8 Å². The van der Waals surface area contributed by atoms with Crippen molar-refractivity contribution in [2.45, 2.75) is 19.3 Å². The topological polar surface area (TPSA) is 65.4 Å². The number of rotatable bonds is 6. The lowest BCUT2D eigenvalue weighted by molar-refractivity contribution is 0.0978. The average Bonchev–Trinajstić information content (AvgIpc) is 2.37. The van der Waals surface area contributed by atoms with E-state index in [4.69, 9.17) is 5.39 Å². The lowest BCUT2D eigenvalue weighted by Crippen LogP contribution is -2.03. The summed E-state index contributed by atoms with van der Waals surface area (Å²) in [6.07, 6.45) is 3.63. The molecule has 0 aliphatic carbocycles. The van der Waals surface area contributed by atoms with Crippen molar-refractivity contribution < 1.29 is 9.90 Å². The van der Waals surface area contributed by atoms with Crippen molar-refractivity contribution in [1.82, 2.24) is 0 Å². The number of diazo groups is 1. The first kappa shape index (κ1) is 13.7. The Balaban J connectivity index is 2.76.